The van der Waals surface area contributed by atoms with Gasteiger partial charge < -0.3 is 5.32 Å². The third-order valence-corrected chi connectivity index (χ3v) is 5.58. The van der Waals surface area contributed by atoms with E-state index >= 15 is 0 Å². The summed E-state index contributed by atoms with van der Waals surface area (Å²) in [7, 11) is 0. The van der Waals surface area contributed by atoms with E-state index in [1.165, 1.54) is 11.3 Å². The molecular weight excluding hydrogens is 448 g/mol. The van der Waals surface area contributed by atoms with Crippen LogP contribution in [0.5, 0.6) is 0 Å². The number of benzene rings is 2. The fourth-order valence-corrected chi connectivity index (χ4v) is 4.01. The van der Waals surface area contributed by atoms with Gasteiger partial charge in [-0.05, 0) is 55.0 Å². The SMILES string of the molecule is Cc1ccc(C(=O)Nc2cccc(Br)c2)cc1N(c1ccncc1)c1nccs1. The molecule has 0 radical (unpaired) electrons. The largest absolute Gasteiger partial charge is 0.322 e. The topological polar surface area (TPSA) is 58.1 Å². The van der Waals surface area contributed by atoms with Crippen LogP contribution in [0.15, 0.2) is 83.0 Å². The van der Waals surface area contributed by atoms with Gasteiger partial charge in [0.15, 0.2) is 5.13 Å². The molecule has 0 aliphatic heterocycles. The van der Waals surface area contributed by atoms with Crippen LogP contribution in [0, 0.1) is 6.92 Å². The van der Waals surface area contributed by atoms with Crippen molar-refractivity contribution < 1.29 is 4.79 Å². The van der Waals surface area contributed by atoms with Gasteiger partial charge in [-0.15, -0.1) is 11.3 Å². The number of pyridine rings is 1. The molecular formula is C22H17BrN4OS. The number of aryl methyl sites for hydroxylation is 1. The Morgan fingerprint density at radius 2 is 1.90 bits per heavy atom. The number of anilines is 4. The van der Waals surface area contributed by atoms with E-state index in [0.29, 0.717) is 5.56 Å². The number of aromatic nitrogens is 2. The first kappa shape index (κ1) is 19.3. The van der Waals surface area contributed by atoms with E-state index in [-0.39, 0.29) is 5.91 Å². The van der Waals surface area contributed by atoms with Crippen molar-refractivity contribution in [1.29, 1.82) is 0 Å². The van der Waals surface area contributed by atoms with Crippen molar-refractivity contribution >= 4 is 55.4 Å². The molecule has 2 aromatic carbocycles. The van der Waals surface area contributed by atoms with Crippen molar-refractivity contribution in [2.75, 3.05) is 10.2 Å². The standard InChI is InChI=1S/C22H17BrN4OS/c1-15-5-6-16(21(28)26-18-4-2-3-17(23)14-18)13-20(15)27(22-25-11-12-29-22)19-7-9-24-10-8-19/h2-14H,1H3,(H,26,28). The molecule has 29 heavy (non-hydrogen) atoms. The van der Waals surface area contributed by atoms with Crippen molar-refractivity contribution in [1.82, 2.24) is 9.97 Å². The minimum atomic E-state index is -0.168. The Hall–Kier alpha value is -3.03. The molecule has 2 heterocycles. The van der Waals surface area contributed by atoms with E-state index in [9.17, 15) is 4.79 Å². The smallest absolute Gasteiger partial charge is 0.255 e. The molecule has 1 N–H and O–H groups in total. The lowest BCUT2D eigenvalue weighted by atomic mass is 10.1. The van der Waals surface area contributed by atoms with Crippen LogP contribution in [-0.2, 0) is 0 Å². The van der Waals surface area contributed by atoms with Gasteiger partial charge in [0, 0.05) is 39.7 Å². The van der Waals surface area contributed by atoms with Crippen molar-refractivity contribution in [3.05, 3.63) is 94.2 Å². The van der Waals surface area contributed by atoms with Crippen LogP contribution in [0.3, 0.4) is 0 Å². The Kier molecular flexibility index (Phi) is 5.69. The molecule has 4 aromatic rings. The van der Waals surface area contributed by atoms with Crippen LogP contribution in [0.4, 0.5) is 22.2 Å². The van der Waals surface area contributed by atoms with Crippen LogP contribution in [-0.4, -0.2) is 15.9 Å². The minimum Gasteiger partial charge on any atom is -0.322 e. The summed E-state index contributed by atoms with van der Waals surface area (Å²) in [6.07, 6.45) is 5.26. The highest BCUT2D eigenvalue weighted by molar-refractivity contribution is 9.10. The first-order valence-corrected chi connectivity index (χ1v) is 10.6. The summed E-state index contributed by atoms with van der Waals surface area (Å²) in [6, 6.07) is 17.1. The summed E-state index contributed by atoms with van der Waals surface area (Å²) in [5, 5.41) is 5.70. The molecule has 1 amide bonds. The van der Waals surface area contributed by atoms with Crippen LogP contribution < -0.4 is 10.2 Å². The zero-order chi connectivity index (χ0) is 20.2. The third-order valence-electron chi connectivity index (χ3n) is 4.33. The Balaban J connectivity index is 1.72. The van der Waals surface area contributed by atoms with E-state index in [0.717, 1.165) is 32.2 Å². The number of amides is 1. The van der Waals surface area contributed by atoms with Crippen LogP contribution >= 0.6 is 27.3 Å². The first-order chi connectivity index (χ1) is 14.1. The van der Waals surface area contributed by atoms with E-state index in [1.54, 1.807) is 18.6 Å². The molecule has 0 saturated heterocycles. The van der Waals surface area contributed by atoms with Crippen LogP contribution in [0.25, 0.3) is 0 Å². The Labute approximate surface area is 181 Å². The van der Waals surface area contributed by atoms with Gasteiger partial charge >= 0.3 is 0 Å². The zero-order valence-electron chi connectivity index (χ0n) is 15.5. The lowest BCUT2D eigenvalue weighted by Gasteiger charge is -2.24. The van der Waals surface area contributed by atoms with E-state index in [2.05, 4.69) is 31.2 Å². The highest BCUT2D eigenvalue weighted by atomic mass is 79.9. The molecule has 144 valence electrons. The number of hydrogen-bond donors (Lipinski definition) is 1. The Morgan fingerprint density at radius 1 is 1.07 bits per heavy atom. The molecule has 4 rings (SSSR count). The summed E-state index contributed by atoms with van der Waals surface area (Å²) in [5.74, 6) is -0.168. The molecule has 0 aliphatic rings. The summed E-state index contributed by atoms with van der Waals surface area (Å²) >= 11 is 4.96. The second kappa shape index (κ2) is 8.55. The second-order valence-electron chi connectivity index (χ2n) is 6.32. The molecule has 0 saturated carbocycles. The second-order valence-corrected chi connectivity index (χ2v) is 8.11. The maximum Gasteiger partial charge on any atom is 0.255 e. The lowest BCUT2D eigenvalue weighted by Crippen LogP contribution is -2.15. The fourth-order valence-electron chi connectivity index (χ4n) is 2.93. The van der Waals surface area contributed by atoms with Gasteiger partial charge in [-0.25, -0.2) is 4.98 Å². The van der Waals surface area contributed by atoms with Crippen molar-refractivity contribution in [2.45, 2.75) is 6.92 Å². The van der Waals surface area contributed by atoms with Gasteiger partial charge in [0.2, 0.25) is 0 Å². The molecule has 2 aromatic heterocycles. The molecule has 0 unspecified atom stereocenters. The van der Waals surface area contributed by atoms with Gasteiger partial charge in [0.05, 0.1) is 11.4 Å². The van der Waals surface area contributed by atoms with Crippen LogP contribution in [0.1, 0.15) is 15.9 Å². The number of hydrogen-bond acceptors (Lipinski definition) is 5. The number of thiazole rings is 1. The monoisotopic (exact) mass is 464 g/mol. The van der Waals surface area contributed by atoms with Gasteiger partial charge in [0.1, 0.15) is 0 Å². The molecule has 0 bridgehead atoms. The molecule has 0 aliphatic carbocycles. The maximum atomic E-state index is 12.9. The van der Waals surface area contributed by atoms with Crippen LogP contribution in [0.2, 0.25) is 0 Å². The normalized spacial score (nSPS) is 10.6. The Morgan fingerprint density at radius 3 is 2.62 bits per heavy atom. The van der Waals surface area contributed by atoms with Crippen molar-refractivity contribution in [3.8, 4) is 0 Å². The number of nitrogens with one attached hydrogen (secondary N) is 1. The number of carbonyl (C=O) groups is 1. The van der Waals surface area contributed by atoms with Gasteiger partial charge in [-0.2, -0.15) is 0 Å². The highest BCUT2D eigenvalue weighted by Gasteiger charge is 2.18. The summed E-state index contributed by atoms with van der Waals surface area (Å²) in [5.41, 5.74) is 4.17. The third kappa shape index (κ3) is 4.36. The minimum absolute atomic E-state index is 0.168. The van der Waals surface area contributed by atoms with E-state index in [4.69, 9.17) is 0 Å². The van der Waals surface area contributed by atoms with Crippen molar-refractivity contribution in [3.63, 3.8) is 0 Å². The molecule has 0 spiro atoms. The fraction of sp³-hybridized carbons (Fsp3) is 0.0455. The Bertz CT molecular complexity index is 1130. The maximum absolute atomic E-state index is 12.9. The molecule has 7 heteroatoms. The van der Waals surface area contributed by atoms with Crippen molar-refractivity contribution in [2.24, 2.45) is 0 Å². The number of halogens is 1. The van der Waals surface area contributed by atoms with E-state index in [1.807, 2.05) is 71.8 Å². The van der Waals surface area contributed by atoms with Gasteiger partial charge in [-0.1, -0.05) is 28.1 Å². The summed E-state index contributed by atoms with van der Waals surface area (Å²) in [6.45, 7) is 2.02. The molecule has 0 fully saturated rings. The van der Waals surface area contributed by atoms with Gasteiger partial charge in [0.25, 0.3) is 5.91 Å². The number of carbonyl (C=O) groups excluding carboxylic acids is 1. The predicted octanol–water partition coefficient (Wildman–Crippen LogP) is 6.33. The van der Waals surface area contributed by atoms with Gasteiger partial charge in [-0.3, -0.25) is 14.7 Å². The highest BCUT2D eigenvalue weighted by Crippen LogP contribution is 2.37. The summed E-state index contributed by atoms with van der Waals surface area (Å²) in [4.78, 5) is 23.5. The number of nitrogens with zero attached hydrogens (tertiary/aromatic N) is 3. The summed E-state index contributed by atoms with van der Waals surface area (Å²) < 4.78 is 0.910. The quantitative estimate of drug-likeness (QED) is 0.374. The first-order valence-electron chi connectivity index (χ1n) is 8.89. The van der Waals surface area contributed by atoms with E-state index < -0.39 is 0 Å². The predicted molar refractivity (Wildman–Crippen MR) is 121 cm³/mol. The number of rotatable bonds is 5. The molecule has 0 atom stereocenters. The molecule has 5 nitrogen and oxygen atoms in total. The zero-order valence-corrected chi connectivity index (χ0v) is 17.9. The lowest BCUT2D eigenvalue weighted by molar-refractivity contribution is 0.102. The average Bonchev–Trinajstić information content (AvgIpc) is 3.25. The average molecular weight is 465 g/mol.